The SMILES string of the molecule is C[C@H](CCC(=O)NCC(=O)O)[C@H]1CC[C@H]2[C@@H]3[C@H](O)CC4[C@H](O)CCC[C@]4(C)[C@H]3CC[C@]12C. The second kappa shape index (κ2) is 8.90. The van der Waals surface area contributed by atoms with Crippen LogP contribution in [0, 0.1) is 46.3 Å². The number of nitrogens with one attached hydrogen (secondary N) is 1. The largest absolute Gasteiger partial charge is 0.480 e. The fourth-order valence-electron chi connectivity index (χ4n) is 9.12. The van der Waals surface area contributed by atoms with Crippen LogP contribution < -0.4 is 5.32 Å². The van der Waals surface area contributed by atoms with Crippen LogP contribution in [-0.2, 0) is 9.59 Å². The second-order valence-corrected chi connectivity index (χ2v) is 12.1. The van der Waals surface area contributed by atoms with Crippen molar-refractivity contribution < 1.29 is 24.9 Å². The maximum atomic E-state index is 12.0. The molecule has 4 saturated carbocycles. The molecule has 0 aromatic heterocycles. The smallest absolute Gasteiger partial charge is 0.322 e. The van der Waals surface area contributed by atoms with Crippen LogP contribution in [0.5, 0.6) is 0 Å². The topological polar surface area (TPSA) is 107 Å². The monoisotopic (exact) mass is 449 g/mol. The van der Waals surface area contributed by atoms with Gasteiger partial charge in [0.25, 0.3) is 0 Å². The third-order valence-corrected chi connectivity index (χ3v) is 10.7. The number of amides is 1. The van der Waals surface area contributed by atoms with E-state index >= 15 is 0 Å². The molecule has 4 N–H and O–H groups in total. The van der Waals surface area contributed by atoms with E-state index < -0.39 is 5.97 Å². The second-order valence-electron chi connectivity index (χ2n) is 12.1. The number of aliphatic carboxylic acids is 1. The van der Waals surface area contributed by atoms with Crippen LogP contribution in [0.3, 0.4) is 0 Å². The first kappa shape index (κ1) is 24.0. The molecule has 0 aromatic carbocycles. The van der Waals surface area contributed by atoms with Crippen LogP contribution in [0.25, 0.3) is 0 Å². The van der Waals surface area contributed by atoms with Crippen molar-refractivity contribution in [2.75, 3.05) is 6.54 Å². The maximum absolute atomic E-state index is 12.0. The fraction of sp³-hybridized carbons (Fsp3) is 0.923. The van der Waals surface area contributed by atoms with Gasteiger partial charge in [-0.2, -0.15) is 0 Å². The van der Waals surface area contributed by atoms with Gasteiger partial charge in [0.15, 0.2) is 0 Å². The summed E-state index contributed by atoms with van der Waals surface area (Å²) in [5, 5.41) is 33.3. The number of carboxylic acids is 1. The van der Waals surface area contributed by atoms with Crippen molar-refractivity contribution in [3.05, 3.63) is 0 Å². The molecule has 1 amide bonds. The first-order valence-electron chi connectivity index (χ1n) is 12.9. The van der Waals surface area contributed by atoms with Gasteiger partial charge in [-0.15, -0.1) is 0 Å². The van der Waals surface area contributed by atoms with Gasteiger partial charge in [-0.05, 0) is 97.7 Å². The lowest BCUT2D eigenvalue weighted by molar-refractivity contribution is -0.187. The zero-order valence-electron chi connectivity index (χ0n) is 20.1. The molecule has 32 heavy (non-hydrogen) atoms. The Labute approximate surface area is 192 Å². The quantitative estimate of drug-likeness (QED) is 0.496. The Morgan fingerprint density at radius 1 is 0.969 bits per heavy atom. The fourth-order valence-corrected chi connectivity index (χ4v) is 9.12. The van der Waals surface area contributed by atoms with E-state index in [1.165, 1.54) is 12.8 Å². The van der Waals surface area contributed by atoms with Crippen molar-refractivity contribution in [3.8, 4) is 0 Å². The van der Waals surface area contributed by atoms with Gasteiger partial charge in [-0.25, -0.2) is 0 Å². The average molecular weight is 450 g/mol. The lowest BCUT2D eigenvalue weighted by Crippen LogP contribution is -2.60. The summed E-state index contributed by atoms with van der Waals surface area (Å²) in [6, 6.07) is 0. The van der Waals surface area contributed by atoms with Gasteiger partial charge >= 0.3 is 5.97 Å². The van der Waals surface area contributed by atoms with Gasteiger partial charge in [0.05, 0.1) is 12.2 Å². The molecule has 6 heteroatoms. The minimum atomic E-state index is -1.01. The van der Waals surface area contributed by atoms with E-state index in [1.807, 2.05) is 0 Å². The molecule has 10 atom stereocenters. The highest BCUT2D eigenvalue weighted by molar-refractivity contribution is 5.81. The third kappa shape index (κ3) is 4.00. The Balaban J connectivity index is 1.45. The summed E-state index contributed by atoms with van der Waals surface area (Å²) >= 11 is 0. The highest BCUT2D eigenvalue weighted by Crippen LogP contribution is 2.68. The van der Waals surface area contributed by atoms with E-state index in [0.717, 1.165) is 44.9 Å². The summed E-state index contributed by atoms with van der Waals surface area (Å²) in [7, 11) is 0. The average Bonchev–Trinajstić information content (AvgIpc) is 3.09. The highest BCUT2D eigenvalue weighted by atomic mass is 16.4. The lowest BCUT2D eigenvalue weighted by Gasteiger charge is -2.62. The number of carbonyl (C=O) groups is 2. The van der Waals surface area contributed by atoms with Crippen molar-refractivity contribution in [2.45, 2.75) is 97.2 Å². The van der Waals surface area contributed by atoms with Gasteiger partial charge in [0.2, 0.25) is 5.91 Å². The molecular weight excluding hydrogens is 406 g/mol. The maximum Gasteiger partial charge on any atom is 0.322 e. The predicted octanol–water partition coefficient (Wildman–Crippen LogP) is 3.59. The molecule has 0 bridgehead atoms. The molecular formula is C26H43NO5. The Morgan fingerprint density at radius 2 is 1.69 bits per heavy atom. The van der Waals surface area contributed by atoms with Crippen LogP contribution in [0.4, 0.5) is 0 Å². The standard InChI is InChI=1S/C26H43NO5/c1-15(6-9-22(30)27-14-23(31)32)16-7-8-17-24-18(10-12-26(16,17)3)25(2)11-4-5-20(28)19(25)13-21(24)29/h15-21,24,28-29H,4-14H2,1-3H3,(H,27,30)(H,31,32)/t15-,16-,17+,18+,19?,20-,21-,24+,25-,26-/m1/s1. The summed E-state index contributed by atoms with van der Waals surface area (Å²) in [4.78, 5) is 22.7. The van der Waals surface area contributed by atoms with Crippen LogP contribution in [-0.4, -0.2) is 45.9 Å². The van der Waals surface area contributed by atoms with Gasteiger partial charge in [0, 0.05) is 6.42 Å². The Kier molecular flexibility index (Phi) is 6.68. The predicted molar refractivity (Wildman–Crippen MR) is 122 cm³/mol. The number of fused-ring (bicyclic) bond motifs is 5. The number of carboxylic acid groups (broad SMARTS) is 1. The Hall–Kier alpha value is -1.14. The summed E-state index contributed by atoms with van der Waals surface area (Å²) in [6.07, 6.45) is 9.08. The summed E-state index contributed by atoms with van der Waals surface area (Å²) in [5.41, 5.74) is 0.338. The van der Waals surface area contributed by atoms with Gasteiger partial charge < -0.3 is 20.6 Å². The number of aliphatic hydroxyl groups excluding tert-OH is 2. The van der Waals surface area contributed by atoms with Crippen LogP contribution in [0.2, 0.25) is 0 Å². The molecule has 4 aliphatic rings. The van der Waals surface area contributed by atoms with E-state index in [4.69, 9.17) is 5.11 Å². The molecule has 4 fully saturated rings. The minimum Gasteiger partial charge on any atom is -0.480 e. The third-order valence-electron chi connectivity index (χ3n) is 10.7. The molecule has 4 aliphatic carbocycles. The Bertz CT molecular complexity index is 727. The summed E-state index contributed by atoms with van der Waals surface area (Å²) in [6.45, 7) is 6.77. The molecule has 0 radical (unpaired) electrons. The molecule has 0 heterocycles. The van der Waals surface area contributed by atoms with Gasteiger partial charge in [-0.1, -0.05) is 27.2 Å². The van der Waals surface area contributed by atoms with Crippen molar-refractivity contribution in [1.29, 1.82) is 0 Å². The molecule has 1 unspecified atom stereocenters. The van der Waals surface area contributed by atoms with Crippen LogP contribution >= 0.6 is 0 Å². The number of rotatable bonds is 6. The van der Waals surface area contributed by atoms with Crippen molar-refractivity contribution in [2.24, 2.45) is 46.3 Å². The normalized spacial score (nSPS) is 46.5. The highest BCUT2D eigenvalue weighted by Gasteiger charge is 2.63. The summed E-state index contributed by atoms with van der Waals surface area (Å²) < 4.78 is 0. The molecule has 0 spiro atoms. The molecule has 0 saturated heterocycles. The molecule has 182 valence electrons. The van der Waals surface area contributed by atoms with Gasteiger partial charge in [0.1, 0.15) is 6.54 Å². The van der Waals surface area contributed by atoms with E-state index in [-0.39, 0.29) is 41.4 Å². The van der Waals surface area contributed by atoms with Crippen molar-refractivity contribution in [1.82, 2.24) is 5.32 Å². The van der Waals surface area contributed by atoms with E-state index in [9.17, 15) is 19.8 Å². The zero-order valence-corrected chi connectivity index (χ0v) is 20.1. The van der Waals surface area contributed by atoms with E-state index in [0.29, 0.717) is 36.0 Å². The lowest BCUT2D eigenvalue weighted by atomic mass is 9.43. The number of carbonyl (C=O) groups excluding carboxylic acids is 1. The molecule has 4 rings (SSSR count). The first-order chi connectivity index (χ1) is 15.1. The summed E-state index contributed by atoms with van der Waals surface area (Å²) in [5.74, 6) is 1.32. The first-order valence-corrected chi connectivity index (χ1v) is 12.9. The van der Waals surface area contributed by atoms with Crippen LogP contribution in [0.15, 0.2) is 0 Å². The van der Waals surface area contributed by atoms with Gasteiger partial charge in [-0.3, -0.25) is 9.59 Å². The van der Waals surface area contributed by atoms with Crippen molar-refractivity contribution in [3.63, 3.8) is 0 Å². The molecule has 0 aromatic rings. The van der Waals surface area contributed by atoms with Crippen molar-refractivity contribution >= 4 is 11.9 Å². The molecule has 0 aliphatic heterocycles. The van der Waals surface area contributed by atoms with E-state index in [1.54, 1.807) is 0 Å². The van der Waals surface area contributed by atoms with E-state index in [2.05, 4.69) is 26.1 Å². The minimum absolute atomic E-state index is 0.148. The zero-order chi connectivity index (χ0) is 23.3. The number of aliphatic hydroxyl groups is 2. The molecule has 6 nitrogen and oxygen atoms in total. The Morgan fingerprint density at radius 3 is 2.41 bits per heavy atom. The van der Waals surface area contributed by atoms with Crippen LogP contribution in [0.1, 0.15) is 85.0 Å². The number of hydrogen-bond acceptors (Lipinski definition) is 4. The number of hydrogen-bond donors (Lipinski definition) is 4.